The Balaban J connectivity index is 1.77. The van der Waals surface area contributed by atoms with Crippen LogP contribution in [0.1, 0.15) is 50.3 Å². The number of hydrogen-bond donors (Lipinski definition) is 0. The summed E-state index contributed by atoms with van der Waals surface area (Å²) < 4.78 is 8.19. The smallest absolute Gasteiger partial charge is 0.0703 e. The fourth-order valence-corrected chi connectivity index (χ4v) is 3.23. The van der Waals surface area contributed by atoms with Crippen molar-refractivity contribution in [3.05, 3.63) is 18.0 Å². The van der Waals surface area contributed by atoms with E-state index in [0.717, 1.165) is 25.1 Å². The first-order valence-electron chi connectivity index (χ1n) is 6.43. The molecular weight excluding hydrogens is 200 g/mol. The lowest BCUT2D eigenvalue weighted by Crippen LogP contribution is -2.38. The minimum atomic E-state index is 0.197. The maximum atomic E-state index is 6.04. The molecule has 1 saturated heterocycles. The van der Waals surface area contributed by atoms with Gasteiger partial charge in [0, 0.05) is 12.8 Å². The van der Waals surface area contributed by atoms with Crippen LogP contribution in [0.25, 0.3) is 0 Å². The number of nitrogens with zero attached hydrogens (tertiary/aromatic N) is 2. The van der Waals surface area contributed by atoms with Crippen LogP contribution in [0.4, 0.5) is 0 Å². The summed E-state index contributed by atoms with van der Waals surface area (Å²) >= 11 is 0. The van der Waals surface area contributed by atoms with Crippen LogP contribution in [0.2, 0.25) is 0 Å². The SMILES string of the molecule is Cc1ccn(C2CCOC3(CCCC3)C2)n1. The lowest BCUT2D eigenvalue weighted by atomic mass is 9.89. The molecule has 1 spiro atoms. The van der Waals surface area contributed by atoms with E-state index >= 15 is 0 Å². The van der Waals surface area contributed by atoms with Crippen LogP contribution in [0, 0.1) is 6.92 Å². The van der Waals surface area contributed by atoms with Gasteiger partial charge in [-0.05, 0) is 38.7 Å². The Bertz CT molecular complexity index is 366. The fourth-order valence-electron chi connectivity index (χ4n) is 3.23. The van der Waals surface area contributed by atoms with Crippen molar-refractivity contribution >= 4 is 0 Å². The zero-order chi connectivity index (χ0) is 11.0. The molecule has 0 N–H and O–H groups in total. The number of rotatable bonds is 1. The van der Waals surface area contributed by atoms with Crippen LogP contribution in [0.5, 0.6) is 0 Å². The second-order valence-corrected chi connectivity index (χ2v) is 5.32. The van der Waals surface area contributed by atoms with Gasteiger partial charge in [-0.3, -0.25) is 4.68 Å². The normalized spacial score (nSPS) is 28.7. The first-order valence-corrected chi connectivity index (χ1v) is 6.43. The molecule has 0 radical (unpaired) electrons. The Morgan fingerprint density at radius 1 is 1.44 bits per heavy atom. The predicted molar refractivity (Wildman–Crippen MR) is 62.4 cm³/mol. The van der Waals surface area contributed by atoms with E-state index in [1.165, 1.54) is 25.7 Å². The first-order chi connectivity index (χ1) is 7.77. The molecule has 1 saturated carbocycles. The van der Waals surface area contributed by atoms with E-state index in [0.29, 0.717) is 6.04 Å². The number of aryl methyl sites for hydroxylation is 1. The minimum Gasteiger partial charge on any atom is -0.375 e. The predicted octanol–water partition coefficient (Wildman–Crippen LogP) is 2.86. The molecule has 1 aromatic heterocycles. The third-order valence-electron chi connectivity index (χ3n) is 4.10. The number of aromatic nitrogens is 2. The van der Waals surface area contributed by atoms with Crippen LogP contribution in [-0.4, -0.2) is 22.0 Å². The highest BCUT2D eigenvalue weighted by atomic mass is 16.5. The molecule has 16 heavy (non-hydrogen) atoms. The van der Waals surface area contributed by atoms with E-state index in [1.54, 1.807) is 0 Å². The molecule has 88 valence electrons. The highest BCUT2D eigenvalue weighted by Gasteiger charge is 2.40. The van der Waals surface area contributed by atoms with E-state index in [2.05, 4.69) is 29.0 Å². The molecule has 3 rings (SSSR count). The quantitative estimate of drug-likeness (QED) is 0.727. The Morgan fingerprint density at radius 2 is 2.25 bits per heavy atom. The largest absolute Gasteiger partial charge is 0.375 e. The third kappa shape index (κ3) is 1.77. The summed E-state index contributed by atoms with van der Waals surface area (Å²) in [7, 11) is 0. The van der Waals surface area contributed by atoms with Gasteiger partial charge >= 0.3 is 0 Å². The van der Waals surface area contributed by atoms with Gasteiger partial charge < -0.3 is 4.74 Å². The van der Waals surface area contributed by atoms with Crippen molar-refractivity contribution in [2.75, 3.05) is 6.61 Å². The molecule has 2 aliphatic rings. The van der Waals surface area contributed by atoms with Gasteiger partial charge in [0.2, 0.25) is 0 Å². The molecule has 3 heteroatoms. The van der Waals surface area contributed by atoms with E-state index in [1.807, 2.05) is 0 Å². The van der Waals surface area contributed by atoms with Crippen molar-refractivity contribution in [3.63, 3.8) is 0 Å². The van der Waals surface area contributed by atoms with Gasteiger partial charge in [0.15, 0.2) is 0 Å². The zero-order valence-electron chi connectivity index (χ0n) is 9.98. The van der Waals surface area contributed by atoms with Crippen LogP contribution in [-0.2, 0) is 4.74 Å². The standard InChI is InChI=1S/C13H20N2O/c1-11-4-8-15(14-11)12-5-9-16-13(10-12)6-2-3-7-13/h4,8,12H,2-3,5-7,9-10H2,1H3. The Kier molecular flexibility index (Phi) is 2.51. The second kappa shape index (κ2) is 3.88. The van der Waals surface area contributed by atoms with Crippen LogP contribution in [0.15, 0.2) is 12.3 Å². The summed E-state index contributed by atoms with van der Waals surface area (Å²) in [6.45, 7) is 2.96. The average molecular weight is 220 g/mol. The van der Waals surface area contributed by atoms with Gasteiger partial charge in [-0.25, -0.2) is 0 Å². The topological polar surface area (TPSA) is 27.1 Å². The summed E-state index contributed by atoms with van der Waals surface area (Å²) in [6.07, 6.45) is 9.58. The molecular formula is C13H20N2O. The monoisotopic (exact) mass is 220 g/mol. The summed E-state index contributed by atoms with van der Waals surface area (Å²) in [6, 6.07) is 2.65. The van der Waals surface area contributed by atoms with Crippen molar-refractivity contribution in [1.29, 1.82) is 0 Å². The van der Waals surface area contributed by atoms with Crippen molar-refractivity contribution in [3.8, 4) is 0 Å². The average Bonchev–Trinajstić information content (AvgIpc) is 2.89. The Hall–Kier alpha value is -0.830. The highest BCUT2D eigenvalue weighted by molar-refractivity contribution is 4.99. The lowest BCUT2D eigenvalue weighted by Gasteiger charge is -2.38. The maximum Gasteiger partial charge on any atom is 0.0703 e. The second-order valence-electron chi connectivity index (χ2n) is 5.32. The molecule has 1 unspecified atom stereocenters. The van der Waals surface area contributed by atoms with Crippen molar-refractivity contribution in [2.24, 2.45) is 0 Å². The Morgan fingerprint density at radius 3 is 2.94 bits per heavy atom. The third-order valence-corrected chi connectivity index (χ3v) is 4.10. The first kappa shape index (κ1) is 10.3. The zero-order valence-corrected chi connectivity index (χ0v) is 9.98. The van der Waals surface area contributed by atoms with Crippen LogP contribution in [0.3, 0.4) is 0 Å². The summed E-state index contributed by atoms with van der Waals surface area (Å²) in [4.78, 5) is 0. The van der Waals surface area contributed by atoms with E-state index in [4.69, 9.17) is 4.74 Å². The van der Waals surface area contributed by atoms with Crippen LogP contribution >= 0.6 is 0 Å². The maximum absolute atomic E-state index is 6.04. The summed E-state index contributed by atoms with van der Waals surface area (Å²) in [5, 5.41) is 4.55. The molecule has 2 fully saturated rings. The van der Waals surface area contributed by atoms with Gasteiger partial charge in [0.25, 0.3) is 0 Å². The molecule has 1 aliphatic heterocycles. The molecule has 0 bridgehead atoms. The van der Waals surface area contributed by atoms with Crippen molar-refractivity contribution < 1.29 is 4.74 Å². The van der Waals surface area contributed by atoms with Crippen molar-refractivity contribution in [1.82, 2.24) is 9.78 Å². The van der Waals surface area contributed by atoms with Gasteiger partial charge in [-0.2, -0.15) is 5.10 Å². The molecule has 1 atom stereocenters. The Labute approximate surface area is 96.8 Å². The molecule has 3 nitrogen and oxygen atoms in total. The summed E-state index contributed by atoms with van der Waals surface area (Å²) in [5.74, 6) is 0. The lowest BCUT2D eigenvalue weighted by molar-refractivity contribution is -0.0910. The van der Waals surface area contributed by atoms with Gasteiger partial charge in [0.1, 0.15) is 0 Å². The van der Waals surface area contributed by atoms with Gasteiger partial charge in [0.05, 0.1) is 17.3 Å². The molecule has 0 aromatic carbocycles. The number of ether oxygens (including phenoxy) is 1. The molecule has 1 aromatic rings. The highest BCUT2D eigenvalue weighted by Crippen LogP contribution is 2.43. The minimum absolute atomic E-state index is 0.197. The molecule has 2 heterocycles. The van der Waals surface area contributed by atoms with Crippen molar-refractivity contribution in [2.45, 2.75) is 57.1 Å². The summed E-state index contributed by atoms with van der Waals surface area (Å²) in [5.41, 5.74) is 1.31. The van der Waals surface area contributed by atoms with Crippen LogP contribution < -0.4 is 0 Å². The van der Waals surface area contributed by atoms with Gasteiger partial charge in [-0.15, -0.1) is 0 Å². The molecule has 1 aliphatic carbocycles. The number of hydrogen-bond acceptors (Lipinski definition) is 2. The van der Waals surface area contributed by atoms with Gasteiger partial charge in [-0.1, -0.05) is 12.8 Å². The van der Waals surface area contributed by atoms with E-state index in [-0.39, 0.29) is 5.60 Å². The fraction of sp³-hybridized carbons (Fsp3) is 0.769. The van der Waals surface area contributed by atoms with E-state index < -0.39 is 0 Å². The molecule has 0 amide bonds. The van der Waals surface area contributed by atoms with E-state index in [9.17, 15) is 0 Å².